The highest BCUT2D eigenvalue weighted by Gasteiger charge is 2.06. The highest BCUT2D eigenvalue weighted by atomic mass is 32.2. The van der Waals surface area contributed by atoms with Gasteiger partial charge in [-0.1, -0.05) is 11.3 Å². The molecule has 7 heteroatoms. The van der Waals surface area contributed by atoms with E-state index in [1.54, 1.807) is 5.51 Å². The van der Waals surface area contributed by atoms with E-state index in [2.05, 4.69) is 20.2 Å². The number of nitrogen functional groups attached to an aromatic ring is 1. The van der Waals surface area contributed by atoms with E-state index in [0.717, 1.165) is 26.2 Å². The van der Waals surface area contributed by atoms with E-state index in [-0.39, 0.29) is 0 Å². The minimum atomic E-state index is 0.726. The van der Waals surface area contributed by atoms with Crippen LogP contribution in [0.5, 0.6) is 0 Å². The molecule has 3 aromatic rings. The molecule has 0 amide bonds. The summed E-state index contributed by atoms with van der Waals surface area (Å²) in [5.41, 5.74) is 9.96. The molecule has 0 fully saturated rings. The Morgan fingerprint density at radius 1 is 1.38 bits per heavy atom. The van der Waals surface area contributed by atoms with Crippen molar-refractivity contribution in [3.63, 3.8) is 0 Å². The van der Waals surface area contributed by atoms with Gasteiger partial charge in [0.1, 0.15) is 5.51 Å². The lowest BCUT2D eigenvalue weighted by Gasteiger charge is -1.89. The Morgan fingerprint density at radius 2 is 2.31 bits per heavy atom. The fourth-order valence-electron chi connectivity index (χ4n) is 1.34. The van der Waals surface area contributed by atoms with Crippen molar-refractivity contribution in [1.29, 1.82) is 0 Å². The van der Waals surface area contributed by atoms with Gasteiger partial charge in [0.15, 0.2) is 9.50 Å². The maximum Gasteiger partial charge on any atom is 0.181 e. The minimum Gasteiger partial charge on any atom is -0.399 e. The van der Waals surface area contributed by atoms with Crippen molar-refractivity contribution < 1.29 is 0 Å². The van der Waals surface area contributed by atoms with Gasteiger partial charge in [-0.05, 0) is 30.0 Å². The number of hydrogen-bond donors (Lipinski definition) is 2. The van der Waals surface area contributed by atoms with Crippen molar-refractivity contribution in [3.8, 4) is 0 Å². The number of aromatic nitrogens is 4. The van der Waals surface area contributed by atoms with Crippen LogP contribution in [-0.2, 0) is 0 Å². The van der Waals surface area contributed by atoms with E-state index in [0.29, 0.717) is 0 Å². The lowest BCUT2D eigenvalue weighted by molar-refractivity contribution is 0.999. The summed E-state index contributed by atoms with van der Waals surface area (Å²) in [5.74, 6) is 0. The molecule has 3 rings (SSSR count). The van der Waals surface area contributed by atoms with Gasteiger partial charge < -0.3 is 10.7 Å². The monoisotopic (exact) mass is 249 g/mol. The zero-order valence-corrected chi connectivity index (χ0v) is 9.68. The Hall–Kier alpha value is -1.60. The van der Waals surface area contributed by atoms with Crippen LogP contribution in [0.3, 0.4) is 0 Å². The number of anilines is 1. The summed E-state index contributed by atoms with van der Waals surface area (Å²) >= 11 is 2.95. The average Bonchev–Trinajstić information content (AvgIpc) is 2.86. The number of nitrogens with zero attached hydrogens (tertiary/aromatic N) is 3. The molecule has 3 N–H and O–H groups in total. The smallest absolute Gasteiger partial charge is 0.181 e. The Kier molecular flexibility index (Phi) is 2.26. The maximum atomic E-state index is 5.69. The highest BCUT2D eigenvalue weighted by molar-refractivity contribution is 8.00. The van der Waals surface area contributed by atoms with Gasteiger partial charge in [0.25, 0.3) is 0 Å². The Balaban J connectivity index is 1.99. The Morgan fingerprint density at radius 3 is 3.12 bits per heavy atom. The van der Waals surface area contributed by atoms with E-state index in [1.165, 1.54) is 23.1 Å². The van der Waals surface area contributed by atoms with E-state index < -0.39 is 0 Å². The quantitative estimate of drug-likeness (QED) is 0.680. The first-order chi connectivity index (χ1) is 7.81. The number of rotatable bonds is 2. The topological polar surface area (TPSA) is 80.5 Å². The van der Waals surface area contributed by atoms with Crippen molar-refractivity contribution in [1.82, 2.24) is 20.2 Å². The number of aromatic amines is 1. The van der Waals surface area contributed by atoms with E-state index in [4.69, 9.17) is 5.73 Å². The van der Waals surface area contributed by atoms with Crippen LogP contribution < -0.4 is 5.73 Å². The molecule has 0 saturated carbocycles. The Labute approximate surface area is 99.1 Å². The summed E-state index contributed by atoms with van der Waals surface area (Å²) in [6.07, 6.45) is 0. The molecule has 0 bridgehead atoms. The summed E-state index contributed by atoms with van der Waals surface area (Å²) in [4.78, 5) is 7.60. The van der Waals surface area contributed by atoms with Crippen LogP contribution in [0.15, 0.2) is 33.2 Å². The third-order valence-electron chi connectivity index (χ3n) is 2.01. The number of imidazole rings is 1. The van der Waals surface area contributed by atoms with E-state index in [1.807, 2.05) is 18.2 Å². The fourth-order valence-corrected chi connectivity index (χ4v) is 2.74. The van der Waals surface area contributed by atoms with Crippen LogP contribution in [-0.4, -0.2) is 20.2 Å². The molecule has 0 saturated heterocycles. The molecule has 2 aromatic heterocycles. The molecular weight excluding hydrogens is 242 g/mol. The number of fused-ring (bicyclic) bond motifs is 1. The molecule has 0 aliphatic heterocycles. The van der Waals surface area contributed by atoms with Crippen molar-refractivity contribution in [2.24, 2.45) is 0 Å². The molecule has 5 nitrogen and oxygen atoms in total. The first-order valence-electron chi connectivity index (χ1n) is 4.50. The minimum absolute atomic E-state index is 0.726. The lowest BCUT2D eigenvalue weighted by Crippen LogP contribution is -1.82. The number of nitrogens with two attached hydrogens (primary N) is 1. The first-order valence-corrected chi connectivity index (χ1v) is 6.20. The summed E-state index contributed by atoms with van der Waals surface area (Å²) in [7, 11) is 0. The SMILES string of the molecule is Nc1ccc2nc(Sc3nncs3)[nH]c2c1. The summed E-state index contributed by atoms with van der Waals surface area (Å²) in [6, 6.07) is 5.60. The standard InChI is InChI=1S/C9H7N5S2/c10-5-1-2-6-7(3-5)13-8(12-6)16-9-14-11-4-15-9/h1-4H,10H2,(H,12,13). The second-order valence-electron chi connectivity index (χ2n) is 3.13. The van der Waals surface area contributed by atoms with Crippen LogP contribution >= 0.6 is 23.1 Å². The molecule has 0 aliphatic rings. The summed E-state index contributed by atoms with van der Waals surface area (Å²) < 4.78 is 0.868. The molecule has 1 aromatic carbocycles. The third-order valence-corrected chi connectivity index (χ3v) is 3.67. The molecule has 80 valence electrons. The molecular formula is C9H7N5S2. The van der Waals surface area contributed by atoms with Crippen molar-refractivity contribution in [2.45, 2.75) is 9.50 Å². The average molecular weight is 249 g/mol. The van der Waals surface area contributed by atoms with Gasteiger partial charge in [0.2, 0.25) is 0 Å². The van der Waals surface area contributed by atoms with Crippen LogP contribution in [0.25, 0.3) is 11.0 Å². The number of hydrogen-bond acceptors (Lipinski definition) is 6. The van der Waals surface area contributed by atoms with Gasteiger partial charge in [0.05, 0.1) is 11.0 Å². The molecule has 0 spiro atoms. The van der Waals surface area contributed by atoms with Crippen molar-refractivity contribution >= 4 is 39.8 Å². The maximum absolute atomic E-state index is 5.69. The summed E-state index contributed by atoms with van der Waals surface area (Å²) in [5, 5.41) is 8.52. The highest BCUT2D eigenvalue weighted by Crippen LogP contribution is 2.28. The number of benzene rings is 1. The van der Waals surface area contributed by atoms with Gasteiger partial charge in [0, 0.05) is 5.69 Å². The normalized spacial score (nSPS) is 11.0. The van der Waals surface area contributed by atoms with E-state index in [9.17, 15) is 0 Å². The van der Waals surface area contributed by atoms with Crippen LogP contribution in [0.2, 0.25) is 0 Å². The van der Waals surface area contributed by atoms with Gasteiger partial charge >= 0.3 is 0 Å². The second-order valence-corrected chi connectivity index (χ2v) is 5.19. The van der Waals surface area contributed by atoms with Gasteiger partial charge in [-0.3, -0.25) is 0 Å². The lowest BCUT2D eigenvalue weighted by atomic mass is 10.3. The second kappa shape index (κ2) is 3.76. The predicted molar refractivity (Wildman–Crippen MR) is 64.5 cm³/mol. The van der Waals surface area contributed by atoms with Crippen LogP contribution in [0.4, 0.5) is 5.69 Å². The third kappa shape index (κ3) is 1.74. The van der Waals surface area contributed by atoms with Crippen LogP contribution in [0, 0.1) is 0 Å². The molecule has 16 heavy (non-hydrogen) atoms. The molecule has 0 aliphatic carbocycles. The fraction of sp³-hybridized carbons (Fsp3) is 0. The number of H-pyrrole nitrogens is 1. The largest absolute Gasteiger partial charge is 0.399 e. The molecule has 0 unspecified atom stereocenters. The van der Waals surface area contributed by atoms with Crippen molar-refractivity contribution in [2.75, 3.05) is 5.73 Å². The Bertz CT molecular complexity index is 616. The molecule has 0 radical (unpaired) electrons. The first kappa shape index (κ1) is 9.61. The number of nitrogens with one attached hydrogen (secondary N) is 1. The molecule has 2 heterocycles. The van der Waals surface area contributed by atoms with Gasteiger partial charge in [-0.25, -0.2) is 4.98 Å². The summed E-state index contributed by atoms with van der Waals surface area (Å²) in [6.45, 7) is 0. The predicted octanol–water partition coefficient (Wildman–Crippen LogP) is 2.15. The van der Waals surface area contributed by atoms with Crippen LogP contribution in [0.1, 0.15) is 0 Å². The zero-order chi connectivity index (χ0) is 11.0. The van der Waals surface area contributed by atoms with Gasteiger partial charge in [-0.15, -0.1) is 10.2 Å². The zero-order valence-electron chi connectivity index (χ0n) is 8.04. The van der Waals surface area contributed by atoms with Gasteiger partial charge in [-0.2, -0.15) is 0 Å². The van der Waals surface area contributed by atoms with Crippen molar-refractivity contribution in [3.05, 3.63) is 23.7 Å². The molecule has 0 atom stereocenters. The van der Waals surface area contributed by atoms with E-state index >= 15 is 0 Å².